The van der Waals surface area contributed by atoms with Gasteiger partial charge in [0, 0.05) is 19.8 Å². The van der Waals surface area contributed by atoms with Crippen molar-refractivity contribution in [3.63, 3.8) is 0 Å². The summed E-state index contributed by atoms with van der Waals surface area (Å²) in [5.41, 5.74) is 0.0534. The first-order valence-electron chi connectivity index (χ1n) is 5.80. The molecule has 2 unspecified atom stereocenters. The van der Waals surface area contributed by atoms with E-state index < -0.39 is 0 Å². The van der Waals surface area contributed by atoms with Crippen LogP contribution in [0, 0.1) is 5.41 Å². The van der Waals surface area contributed by atoms with Crippen LogP contribution in [0.2, 0.25) is 0 Å². The van der Waals surface area contributed by atoms with Crippen molar-refractivity contribution in [1.29, 1.82) is 0 Å². The lowest BCUT2D eigenvalue weighted by Crippen LogP contribution is -2.37. The van der Waals surface area contributed by atoms with Crippen LogP contribution in [0.15, 0.2) is 0 Å². The summed E-state index contributed by atoms with van der Waals surface area (Å²) < 4.78 is 5.23. The third kappa shape index (κ3) is 6.88. The van der Waals surface area contributed by atoms with E-state index >= 15 is 0 Å². The Labute approximate surface area is 94.2 Å². The molecule has 0 aromatic rings. The molecule has 0 aromatic carbocycles. The predicted molar refractivity (Wildman–Crippen MR) is 64.0 cm³/mol. The minimum Gasteiger partial charge on any atom is -0.396 e. The predicted octanol–water partition coefficient (Wildman–Crippen LogP) is 1.80. The van der Waals surface area contributed by atoms with Crippen LogP contribution in [0.3, 0.4) is 0 Å². The molecule has 92 valence electrons. The second-order valence-corrected chi connectivity index (χ2v) is 5.11. The van der Waals surface area contributed by atoms with Crippen molar-refractivity contribution >= 4 is 0 Å². The van der Waals surface area contributed by atoms with Gasteiger partial charge in [-0.1, -0.05) is 13.8 Å². The zero-order valence-corrected chi connectivity index (χ0v) is 10.8. The van der Waals surface area contributed by atoms with E-state index in [0.717, 1.165) is 19.4 Å². The van der Waals surface area contributed by atoms with Crippen molar-refractivity contribution in [2.24, 2.45) is 5.41 Å². The van der Waals surface area contributed by atoms with Crippen LogP contribution in [-0.2, 0) is 4.74 Å². The van der Waals surface area contributed by atoms with Crippen LogP contribution in [0.5, 0.6) is 0 Å². The van der Waals surface area contributed by atoms with E-state index in [4.69, 9.17) is 9.84 Å². The number of methoxy groups -OCH3 is 1. The Balaban J connectivity index is 3.54. The number of ether oxygens (including phenoxy) is 1. The van der Waals surface area contributed by atoms with Gasteiger partial charge < -0.3 is 15.2 Å². The van der Waals surface area contributed by atoms with Gasteiger partial charge in [0.05, 0.1) is 6.10 Å². The Morgan fingerprint density at radius 3 is 2.40 bits per heavy atom. The van der Waals surface area contributed by atoms with Gasteiger partial charge in [-0.15, -0.1) is 0 Å². The molecule has 0 fully saturated rings. The Bertz CT molecular complexity index is 160. The molecule has 0 bridgehead atoms. The summed E-state index contributed by atoms with van der Waals surface area (Å²) >= 11 is 0. The molecular formula is C12H27NO2. The van der Waals surface area contributed by atoms with Crippen LogP contribution in [-0.4, -0.2) is 37.5 Å². The van der Waals surface area contributed by atoms with Crippen LogP contribution in [0.4, 0.5) is 0 Å². The highest BCUT2D eigenvalue weighted by molar-refractivity contribution is 4.70. The number of hydrogen-bond acceptors (Lipinski definition) is 3. The van der Waals surface area contributed by atoms with E-state index in [-0.39, 0.29) is 18.1 Å². The quantitative estimate of drug-likeness (QED) is 0.609. The zero-order chi connectivity index (χ0) is 11.9. The molecule has 0 rings (SSSR count). The molecule has 0 saturated heterocycles. The molecule has 0 aromatic heterocycles. The summed E-state index contributed by atoms with van der Waals surface area (Å²) in [6.45, 7) is 9.62. The van der Waals surface area contributed by atoms with Crippen molar-refractivity contribution in [2.45, 2.75) is 52.7 Å². The molecular weight excluding hydrogens is 190 g/mol. The van der Waals surface area contributed by atoms with E-state index in [0.29, 0.717) is 6.04 Å². The maximum atomic E-state index is 9.09. The number of nitrogens with one attached hydrogen (secondary N) is 1. The Morgan fingerprint density at radius 2 is 1.93 bits per heavy atom. The fourth-order valence-corrected chi connectivity index (χ4v) is 1.35. The summed E-state index contributed by atoms with van der Waals surface area (Å²) in [6.07, 6.45) is 2.38. The highest BCUT2D eigenvalue weighted by atomic mass is 16.5. The molecule has 0 spiro atoms. The molecule has 0 saturated carbocycles. The Kier molecular flexibility index (Phi) is 7.14. The molecule has 2 N–H and O–H groups in total. The molecule has 0 aliphatic carbocycles. The molecule has 3 heteroatoms. The van der Waals surface area contributed by atoms with Crippen molar-refractivity contribution in [2.75, 3.05) is 20.3 Å². The molecule has 0 amide bonds. The number of aliphatic hydroxyl groups is 1. The Hall–Kier alpha value is -0.120. The van der Waals surface area contributed by atoms with Crippen molar-refractivity contribution in [3.05, 3.63) is 0 Å². The van der Waals surface area contributed by atoms with Crippen LogP contribution >= 0.6 is 0 Å². The summed E-state index contributed by atoms with van der Waals surface area (Å²) in [5.74, 6) is 0. The average Bonchev–Trinajstić information content (AvgIpc) is 2.22. The standard InChI is InChI=1S/C12H27NO2/c1-10(11(2)15-5)13-8-6-7-12(3,4)9-14/h10-11,13-14H,6-9H2,1-5H3. The maximum absolute atomic E-state index is 9.09. The van der Waals surface area contributed by atoms with Gasteiger partial charge in [-0.3, -0.25) is 0 Å². The SMILES string of the molecule is COC(C)C(C)NCCCC(C)(C)CO. The smallest absolute Gasteiger partial charge is 0.0693 e. The van der Waals surface area contributed by atoms with E-state index in [2.05, 4.69) is 33.0 Å². The Morgan fingerprint density at radius 1 is 1.33 bits per heavy atom. The number of hydrogen-bond donors (Lipinski definition) is 2. The lowest BCUT2D eigenvalue weighted by molar-refractivity contribution is 0.0877. The molecule has 0 heterocycles. The van der Waals surface area contributed by atoms with Crippen LogP contribution in [0.1, 0.15) is 40.5 Å². The average molecular weight is 217 g/mol. The summed E-state index contributed by atoms with van der Waals surface area (Å²) in [5, 5.41) is 12.5. The second-order valence-electron chi connectivity index (χ2n) is 5.11. The maximum Gasteiger partial charge on any atom is 0.0693 e. The van der Waals surface area contributed by atoms with Gasteiger partial charge in [0.1, 0.15) is 0 Å². The molecule has 0 aliphatic heterocycles. The second kappa shape index (κ2) is 7.20. The largest absolute Gasteiger partial charge is 0.396 e. The van der Waals surface area contributed by atoms with Gasteiger partial charge >= 0.3 is 0 Å². The highest BCUT2D eigenvalue weighted by Gasteiger charge is 2.16. The van der Waals surface area contributed by atoms with Crippen LogP contribution in [0.25, 0.3) is 0 Å². The fourth-order valence-electron chi connectivity index (χ4n) is 1.35. The molecule has 15 heavy (non-hydrogen) atoms. The van der Waals surface area contributed by atoms with E-state index in [1.165, 1.54) is 0 Å². The van der Waals surface area contributed by atoms with Crippen molar-refractivity contribution in [3.8, 4) is 0 Å². The normalized spacial score (nSPS) is 16.4. The summed E-state index contributed by atoms with van der Waals surface area (Å²) in [7, 11) is 1.73. The highest BCUT2D eigenvalue weighted by Crippen LogP contribution is 2.20. The first-order valence-corrected chi connectivity index (χ1v) is 5.80. The molecule has 2 atom stereocenters. The first-order chi connectivity index (χ1) is 6.93. The molecule has 3 nitrogen and oxygen atoms in total. The van der Waals surface area contributed by atoms with Gasteiger partial charge in [0.2, 0.25) is 0 Å². The topological polar surface area (TPSA) is 41.5 Å². The van der Waals surface area contributed by atoms with Gasteiger partial charge in [-0.25, -0.2) is 0 Å². The summed E-state index contributed by atoms with van der Waals surface area (Å²) in [4.78, 5) is 0. The van der Waals surface area contributed by atoms with Crippen LogP contribution < -0.4 is 5.32 Å². The van der Waals surface area contributed by atoms with Crippen molar-refractivity contribution in [1.82, 2.24) is 5.32 Å². The molecule has 0 aliphatic rings. The third-order valence-corrected chi connectivity index (χ3v) is 3.00. The summed E-state index contributed by atoms with van der Waals surface area (Å²) in [6, 6.07) is 0.382. The monoisotopic (exact) mass is 217 g/mol. The van der Waals surface area contributed by atoms with E-state index in [9.17, 15) is 0 Å². The zero-order valence-electron chi connectivity index (χ0n) is 10.8. The van der Waals surface area contributed by atoms with Gasteiger partial charge in [-0.2, -0.15) is 0 Å². The molecule has 0 radical (unpaired) electrons. The number of aliphatic hydroxyl groups excluding tert-OH is 1. The fraction of sp³-hybridized carbons (Fsp3) is 1.00. The first kappa shape index (κ1) is 14.9. The van der Waals surface area contributed by atoms with Gasteiger partial charge in [0.25, 0.3) is 0 Å². The third-order valence-electron chi connectivity index (χ3n) is 3.00. The van der Waals surface area contributed by atoms with E-state index in [1.54, 1.807) is 7.11 Å². The minimum atomic E-state index is 0.0534. The van der Waals surface area contributed by atoms with E-state index in [1.807, 2.05) is 0 Å². The number of rotatable bonds is 8. The lowest BCUT2D eigenvalue weighted by Gasteiger charge is -2.23. The lowest BCUT2D eigenvalue weighted by atomic mass is 9.89. The van der Waals surface area contributed by atoms with Gasteiger partial charge in [-0.05, 0) is 38.6 Å². The van der Waals surface area contributed by atoms with Gasteiger partial charge in [0.15, 0.2) is 0 Å². The minimum absolute atomic E-state index is 0.0534. The van der Waals surface area contributed by atoms with Crippen molar-refractivity contribution < 1.29 is 9.84 Å².